The molecule has 0 bridgehead atoms. The number of allylic oxidation sites excluding steroid dienone is 2. The van der Waals surface area contributed by atoms with Gasteiger partial charge in [0.15, 0.2) is 0 Å². The fourth-order valence-electron chi connectivity index (χ4n) is 2.90. The van der Waals surface area contributed by atoms with Crippen molar-refractivity contribution in [3.8, 4) is 0 Å². The molecule has 18 heavy (non-hydrogen) atoms. The third-order valence-corrected chi connectivity index (χ3v) is 4.38. The maximum atomic E-state index is 6.49. The Balaban J connectivity index is 2.31. The number of fused-ring (bicyclic) bond motifs is 1. The Morgan fingerprint density at radius 3 is 2.50 bits per heavy atom. The average molecular weight is 263 g/mol. The van der Waals surface area contributed by atoms with Crippen molar-refractivity contribution in [2.24, 2.45) is 0 Å². The van der Waals surface area contributed by atoms with E-state index in [2.05, 4.69) is 38.1 Å². The van der Waals surface area contributed by atoms with Gasteiger partial charge in [0.1, 0.15) is 0 Å². The van der Waals surface area contributed by atoms with Gasteiger partial charge in [-0.2, -0.15) is 0 Å². The largest absolute Gasteiger partial charge is 0.0916 e. The standard InChI is InChI=1S/C17H23Cl/c1-3-5-8-13(4-2)16-11-14-9-6-7-10-15(14)12-17(16)18/h3,5,11-13H,4,6-10H2,1-2H3/b5-3-. The average Bonchev–Trinajstić information content (AvgIpc) is 2.40. The van der Waals surface area contributed by atoms with Crippen molar-refractivity contribution in [1.29, 1.82) is 0 Å². The van der Waals surface area contributed by atoms with Gasteiger partial charge >= 0.3 is 0 Å². The first kappa shape index (κ1) is 13.7. The lowest BCUT2D eigenvalue weighted by atomic mass is 9.85. The first-order chi connectivity index (χ1) is 8.76. The van der Waals surface area contributed by atoms with Gasteiger partial charge in [-0.3, -0.25) is 0 Å². The second-order valence-electron chi connectivity index (χ2n) is 5.26. The van der Waals surface area contributed by atoms with Crippen LogP contribution in [0.3, 0.4) is 0 Å². The molecule has 0 heterocycles. The molecule has 0 aliphatic heterocycles. The third kappa shape index (κ3) is 2.98. The van der Waals surface area contributed by atoms with Crippen molar-refractivity contribution < 1.29 is 0 Å². The zero-order chi connectivity index (χ0) is 13.0. The maximum Gasteiger partial charge on any atom is 0.0443 e. The molecule has 98 valence electrons. The second-order valence-corrected chi connectivity index (χ2v) is 5.67. The van der Waals surface area contributed by atoms with Crippen molar-refractivity contribution >= 4 is 11.6 Å². The SMILES string of the molecule is C/C=C\CC(CC)c1cc2c(cc1Cl)CCCC2. The molecule has 1 unspecified atom stereocenters. The van der Waals surface area contributed by atoms with Gasteiger partial charge in [0.25, 0.3) is 0 Å². The van der Waals surface area contributed by atoms with Crippen LogP contribution in [0.1, 0.15) is 62.1 Å². The van der Waals surface area contributed by atoms with Crippen molar-refractivity contribution in [3.63, 3.8) is 0 Å². The molecule has 0 saturated heterocycles. The fourth-order valence-corrected chi connectivity index (χ4v) is 3.24. The highest BCUT2D eigenvalue weighted by atomic mass is 35.5. The zero-order valence-electron chi connectivity index (χ0n) is 11.5. The molecule has 1 aromatic rings. The molecule has 1 aliphatic rings. The molecule has 1 aromatic carbocycles. The summed E-state index contributed by atoms with van der Waals surface area (Å²) < 4.78 is 0. The molecule has 1 heteroatoms. The summed E-state index contributed by atoms with van der Waals surface area (Å²) in [6.07, 6.45) is 11.7. The number of benzene rings is 1. The lowest BCUT2D eigenvalue weighted by Gasteiger charge is -2.21. The highest BCUT2D eigenvalue weighted by Gasteiger charge is 2.17. The van der Waals surface area contributed by atoms with Crippen LogP contribution in [-0.2, 0) is 12.8 Å². The predicted octanol–water partition coefficient (Wildman–Crippen LogP) is 5.68. The summed E-state index contributed by atoms with van der Waals surface area (Å²) in [7, 11) is 0. The molecule has 0 nitrogen and oxygen atoms in total. The van der Waals surface area contributed by atoms with Crippen molar-refractivity contribution in [1.82, 2.24) is 0 Å². The molecule has 0 radical (unpaired) electrons. The maximum absolute atomic E-state index is 6.49. The quantitative estimate of drug-likeness (QED) is 0.613. The molecule has 0 amide bonds. The van der Waals surface area contributed by atoms with Crippen molar-refractivity contribution in [2.45, 2.75) is 58.3 Å². The Kier molecular flexibility index (Phi) is 4.88. The van der Waals surface area contributed by atoms with Crippen LogP contribution in [0.5, 0.6) is 0 Å². The van der Waals surface area contributed by atoms with Crippen LogP contribution in [0, 0.1) is 0 Å². The summed E-state index contributed by atoms with van der Waals surface area (Å²) in [4.78, 5) is 0. The third-order valence-electron chi connectivity index (χ3n) is 4.05. The van der Waals surface area contributed by atoms with E-state index >= 15 is 0 Å². The number of halogens is 1. The minimum atomic E-state index is 0.570. The minimum absolute atomic E-state index is 0.570. The molecule has 0 saturated carbocycles. The van der Waals surface area contributed by atoms with Crippen molar-refractivity contribution in [3.05, 3.63) is 46.0 Å². The number of aryl methyl sites for hydroxylation is 2. The van der Waals surface area contributed by atoms with Gasteiger partial charge in [-0.25, -0.2) is 0 Å². The van der Waals surface area contributed by atoms with Crippen LogP contribution in [0.2, 0.25) is 5.02 Å². The summed E-state index contributed by atoms with van der Waals surface area (Å²) in [5.41, 5.74) is 4.38. The summed E-state index contributed by atoms with van der Waals surface area (Å²) in [6.45, 7) is 4.34. The predicted molar refractivity (Wildman–Crippen MR) is 80.6 cm³/mol. The van der Waals surface area contributed by atoms with Crippen LogP contribution in [0.4, 0.5) is 0 Å². The lowest BCUT2D eigenvalue weighted by molar-refractivity contribution is 0.658. The van der Waals surface area contributed by atoms with E-state index < -0.39 is 0 Å². The topological polar surface area (TPSA) is 0 Å². The van der Waals surface area contributed by atoms with Gasteiger partial charge in [-0.15, -0.1) is 0 Å². The van der Waals surface area contributed by atoms with Crippen LogP contribution in [0.25, 0.3) is 0 Å². The van der Waals surface area contributed by atoms with Crippen LogP contribution < -0.4 is 0 Å². The minimum Gasteiger partial charge on any atom is -0.0916 e. The summed E-state index contributed by atoms with van der Waals surface area (Å²) in [6, 6.07) is 4.61. The Bertz CT molecular complexity index is 431. The normalized spacial score (nSPS) is 16.8. The Hall–Kier alpha value is -0.750. The van der Waals surface area contributed by atoms with E-state index in [4.69, 9.17) is 11.6 Å². The second kappa shape index (κ2) is 6.43. The fraction of sp³-hybridized carbons (Fsp3) is 0.529. The highest BCUT2D eigenvalue weighted by Crippen LogP contribution is 2.34. The molecular weight excluding hydrogens is 240 g/mol. The first-order valence-electron chi connectivity index (χ1n) is 7.18. The van der Waals surface area contributed by atoms with Gasteiger partial charge in [0, 0.05) is 5.02 Å². The summed E-state index contributed by atoms with van der Waals surface area (Å²) in [5.74, 6) is 0.570. The van der Waals surface area contributed by atoms with E-state index in [1.165, 1.54) is 36.8 Å². The van der Waals surface area contributed by atoms with E-state index in [0.29, 0.717) is 5.92 Å². The van der Waals surface area contributed by atoms with E-state index in [9.17, 15) is 0 Å². The van der Waals surface area contributed by atoms with E-state index in [1.807, 2.05) is 0 Å². The molecule has 1 atom stereocenters. The molecular formula is C17H23Cl. The Labute approximate surface area is 116 Å². The molecule has 0 N–H and O–H groups in total. The summed E-state index contributed by atoms with van der Waals surface area (Å²) in [5, 5.41) is 0.979. The Morgan fingerprint density at radius 1 is 1.22 bits per heavy atom. The lowest BCUT2D eigenvalue weighted by Crippen LogP contribution is -2.06. The molecule has 0 fully saturated rings. The van der Waals surface area contributed by atoms with Gasteiger partial charge in [-0.1, -0.05) is 36.7 Å². The summed E-state index contributed by atoms with van der Waals surface area (Å²) >= 11 is 6.49. The molecule has 0 spiro atoms. The highest BCUT2D eigenvalue weighted by molar-refractivity contribution is 6.31. The van der Waals surface area contributed by atoms with E-state index in [0.717, 1.165) is 17.9 Å². The van der Waals surface area contributed by atoms with E-state index in [1.54, 1.807) is 5.56 Å². The smallest absolute Gasteiger partial charge is 0.0443 e. The monoisotopic (exact) mass is 262 g/mol. The van der Waals surface area contributed by atoms with Gasteiger partial charge in [-0.05, 0) is 74.1 Å². The zero-order valence-corrected chi connectivity index (χ0v) is 12.3. The molecule has 1 aliphatic carbocycles. The van der Waals surface area contributed by atoms with Crippen molar-refractivity contribution in [2.75, 3.05) is 0 Å². The Morgan fingerprint density at radius 2 is 1.89 bits per heavy atom. The van der Waals surface area contributed by atoms with Gasteiger partial charge < -0.3 is 0 Å². The number of hydrogen-bond acceptors (Lipinski definition) is 0. The molecule has 2 rings (SSSR count). The van der Waals surface area contributed by atoms with Crippen LogP contribution in [-0.4, -0.2) is 0 Å². The van der Waals surface area contributed by atoms with E-state index in [-0.39, 0.29) is 0 Å². The number of rotatable bonds is 4. The van der Waals surface area contributed by atoms with Gasteiger partial charge in [0.2, 0.25) is 0 Å². The van der Waals surface area contributed by atoms with Crippen LogP contribution >= 0.6 is 11.6 Å². The molecule has 0 aromatic heterocycles. The number of hydrogen-bond donors (Lipinski definition) is 0. The first-order valence-corrected chi connectivity index (χ1v) is 7.56. The van der Waals surface area contributed by atoms with Crippen LogP contribution in [0.15, 0.2) is 24.3 Å². The van der Waals surface area contributed by atoms with Gasteiger partial charge in [0.05, 0.1) is 0 Å².